The lowest BCUT2D eigenvalue weighted by Gasteiger charge is -2.36. The van der Waals surface area contributed by atoms with Gasteiger partial charge in [0, 0.05) is 43.5 Å². The summed E-state index contributed by atoms with van der Waals surface area (Å²) in [6.45, 7) is 6.26. The maximum atomic E-state index is 12.5. The highest BCUT2D eigenvalue weighted by molar-refractivity contribution is 5.75. The van der Waals surface area contributed by atoms with Crippen molar-refractivity contribution in [3.63, 3.8) is 0 Å². The van der Waals surface area contributed by atoms with Gasteiger partial charge in [0.1, 0.15) is 11.6 Å². The number of rotatable bonds is 3. The van der Waals surface area contributed by atoms with E-state index in [0.29, 0.717) is 31.7 Å². The molecule has 0 aliphatic carbocycles. The first-order valence-electron chi connectivity index (χ1n) is 8.63. The SMILES string of the molecule is Cc1cc(N2CCN(C(=O)NC(C)c3ccccc3O)CC2)nc(N)n1. The number of benzene rings is 1. The quantitative estimate of drug-likeness (QED) is 0.772. The van der Waals surface area contributed by atoms with Crippen LogP contribution in [-0.4, -0.2) is 52.2 Å². The van der Waals surface area contributed by atoms with Gasteiger partial charge in [0.05, 0.1) is 6.04 Å². The molecule has 0 bridgehead atoms. The number of phenols is 1. The second kappa shape index (κ2) is 7.47. The van der Waals surface area contributed by atoms with Crippen LogP contribution in [0.2, 0.25) is 0 Å². The Morgan fingerprint density at radius 3 is 2.58 bits per heavy atom. The van der Waals surface area contributed by atoms with Gasteiger partial charge in [-0.3, -0.25) is 0 Å². The number of carbonyl (C=O) groups is 1. The first kappa shape index (κ1) is 17.8. The summed E-state index contributed by atoms with van der Waals surface area (Å²) in [7, 11) is 0. The van der Waals surface area contributed by atoms with Gasteiger partial charge in [0.25, 0.3) is 0 Å². The number of para-hydroxylation sites is 1. The number of aromatic hydroxyl groups is 1. The number of hydrogen-bond acceptors (Lipinski definition) is 6. The average molecular weight is 356 g/mol. The van der Waals surface area contributed by atoms with Gasteiger partial charge in [-0.05, 0) is 19.9 Å². The molecule has 4 N–H and O–H groups in total. The molecule has 0 spiro atoms. The van der Waals surface area contributed by atoms with Crippen LogP contribution in [0.1, 0.15) is 24.2 Å². The van der Waals surface area contributed by atoms with Crippen molar-refractivity contribution in [2.75, 3.05) is 36.8 Å². The molecule has 8 heteroatoms. The Hall–Kier alpha value is -3.03. The van der Waals surface area contributed by atoms with Gasteiger partial charge in [-0.25, -0.2) is 9.78 Å². The van der Waals surface area contributed by atoms with Crippen LogP contribution in [0.3, 0.4) is 0 Å². The Morgan fingerprint density at radius 2 is 1.92 bits per heavy atom. The van der Waals surface area contributed by atoms with Crippen molar-refractivity contribution >= 4 is 17.8 Å². The molecule has 1 aliphatic rings. The van der Waals surface area contributed by atoms with E-state index in [1.165, 1.54) is 0 Å². The Balaban J connectivity index is 1.57. The molecule has 26 heavy (non-hydrogen) atoms. The fourth-order valence-electron chi connectivity index (χ4n) is 3.08. The summed E-state index contributed by atoms with van der Waals surface area (Å²) in [6, 6.07) is 8.50. The van der Waals surface area contributed by atoms with E-state index in [2.05, 4.69) is 20.2 Å². The molecule has 2 aromatic rings. The Bertz CT molecular complexity index is 769. The lowest BCUT2D eigenvalue weighted by molar-refractivity contribution is 0.191. The first-order chi connectivity index (χ1) is 12.4. The lowest BCUT2D eigenvalue weighted by Crippen LogP contribution is -2.52. The van der Waals surface area contributed by atoms with Gasteiger partial charge >= 0.3 is 6.03 Å². The first-order valence-corrected chi connectivity index (χ1v) is 8.63. The number of phenolic OH excluding ortho intramolecular Hbond substituents is 1. The van der Waals surface area contributed by atoms with Crippen LogP contribution >= 0.6 is 0 Å². The normalized spacial score (nSPS) is 15.6. The summed E-state index contributed by atoms with van der Waals surface area (Å²) in [4.78, 5) is 24.7. The predicted molar refractivity (Wildman–Crippen MR) is 100 cm³/mol. The van der Waals surface area contributed by atoms with Crippen LogP contribution in [0.5, 0.6) is 5.75 Å². The number of aryl methyl sites for hydroxylation is 1. The molecule has 1 fully saturated rings. The van der Waals surface area contributed by atoms with Gasteiger partial charge in [0.2, 0.25) is 5.95 Å². The third-order valence-corrected chi connectivity index (χ3v) is 4.49. The number of amides is 2. The maximum Gasteiger partial charge on any atom is 0.317 e. The van der Waals surface area contributed by atoms with Crippen molar-refractivity contribution in [2.24, 2.45) is 0 Å². The molecular weight excluding hydrogens is 332 g/mol. The second-order valence-corrected chi connectivity index (χ2v) is 6.43. The van der Waals surface area contributed by atoms with Crippen molar-refractivity contribution in [3.8, 4) is 5.75 Å². The minimum Gasteiger partial charge on any atom is -0.508 e. The zero-order chi connectivity index (χ0) is 18.7. The smallest absolute Gasteiger partial charge is 0.317 e. The highest BCUT2D eigenvalue weighted by atomic mass is 16.3. The van der Waals surface area contributed by atoms with Crippen molar-refractivity contribution in [3.05, 3.63) is 41.6 Å². The number of nitrogen functional groups attached to an aromatic ring is 1. The summed E-state index contributed by atoms with van der Waals surface area (Å²) in [5.41, 5.74) is 7.24. The Morgan fingerprint density at radius 1 is 1.23 bits per heavy atom. The monoisotopic (exact) mass is 356 g/mol. The van der Waals surface area contributed by atoms with Crippen molar-refractivity contribution in [1.82, 2.24) is 20.2 Å². The van der Waals surface area contributed by atoms with Crippen LogP contribution in [-0.2, 0) is 0 Å². The van der Waals surface area contributed by atoms with Gasteiger partial charge in [0.15, 0.2) is 0 Å². The zero-order valence-corrected chi connectivity index (χ0v) is 15.0. The number of nitrogens with two attached hydrogens (primary N) is 1. The van der Waals surface area contributed by atoms with Crippen molar-refractivity contribution in [2.45, 2.75) is 19.9 Å². The van der Waals surface area contributed by atoms with Gasteiger partial charge < -0.3 is 26.0 Å². The van der Waals surface area contributed by atoms with Crippen molar-refractivity contribution < 1.29 is 9.90 Å². The van der Waals surface area contributed by atoms with Crippen LogP contribution < -0.4 is 16.0 Å². The summed E-state index contributed by atoms with van der Waals surface area (Å²) in [5, 5.41) is 12.9. The predicted octanol–water partition coefficient (Wildman–Crippen LogP) is 1.67. The second-order valence-electron chi connectivity index (χ2n) is 6.43. The maximum absolute atomic E-state index is 12.5. The van der Waals surface area contributed by atoms with E-state index in [9.17, 15) is 9.90 Å². The highest BCUT2D eigenvalue weighted by Gasteiger charge is 2.24. The summed E-state index contributed by atoms with van der Waals surface area (Å²) >= 11 is 0. The van der Waals surface area contributed by atoms with E-state index < -0.39 is 0 Å². The lowest BCUT2D eigenvalue weighted by atomic mass is 10.1. The summed E-state index contributed by atoms with van der Waals surface area (Å²) in [5.74, 6) is 1.23. The molecule has 1 aromatic carbocycles. The van der Waals surface area contributed by atoms with Crippen LogP contribution in [0.15, 0.2) is 30.3 Å². The molecule has 0 saturated carbocycles. The summed E-state index contributed by atoms with van der Waals surface area (Å²) in [6.07, 6.45) is 0. The van der Waals surface area contributed by atoms with Crippen LogP contribution in [0.25, 0.3) is 0 Å². The van der Waals surface area contributed by atoms with Crippen molar-refractivity contribution in [1.29, 1.82) is 0 Å². The molecule has 0 radical (unpaired) electrons. The largest absolute Gasteiger partial charge is 0.508 e. The van der Waals surface area contributed by atoms with Crippen LogP contribution in [0.4, 0.5) is 16.6 Å². The van der Waals surface area contributed by atoms with E-state index in [4.69, 9.17) is 5.73 Å². The number of urea groups is 1. The van der Waals surface area contributed by atoms with Gasteiger partial charge in [-0.15, -0.1) is 0 Å². The average Bonchev–Trinajstić information content (AvgIpc) is 2.61. The van der Waals surface area contributed by atoms with E-state index >= 15 is 0 Å². The Kier molecular flexibility index (Phi) is 5.11. The molecule has 8 nitrogen and oxygen atoms in total. The standard InChI is InChI=1S/C18H24N6O2/c1-12-11-16(22-17(19)20-12)23-7-9-24(10-8-23)18(26)21-13(2)14-5-3-4-6-15(14)25/h3-6,11,13,25H,7-10H2,1-2H3,(H,21,26)(H2,19,20,22). The third-order valence-electron chi connectivity index (χ3n) is 4.49. The van der Waals surface area contributed by atoms with E-state index in [-0.39, 0.29) is 23.8 Å². The number of nitrogens with one attached hydrogen (secondary N) is 1. The fraction of sp³-hybridized carbons (Fsp3) is 0.389. The number of anilines is 2. The molecular formula is C18H24N6O2. The van der Waals surface area contributed by atoms with E-state index in [1.807, 2.05) is 26.0 Å². The molecule has 138 valence electrons. The number of nitrogens with zero attached hydrogens (tertiary/aromatic N) is 4. The number of hydrogen-bond donors (Lipinski definition) is 3. The molecule has 2 heterocycles. The highest BCUT2D eigenvalue weighted by Crippen LogP contribution is 2.23. The number of carbonyl (C=O) groups excluding carboxylic acids is 1. The number of piperazine rings is 1. The summed E-state index contributed by atoms with van der Waals surface area (Å²) < 4.78 is 0. The molecule has 2 amide bonds. The van der Waals surface area contributed by atoms with E-state index in [1.54, 1.807) is 23.1 Å². The minimum atomic E-state index is -0.272. The topological polar surface area (TPSA) is 108 Å². The number of aromatic nitrogens is 2. The van der Waals surface area contributed by atoms with Gasteiger partial charge in [-0.1, -0.05) is 18.2 Å². The fourth-order valence-corrected chi connectivity index (χ4v) is 3.08. The Labute approximate surface area is 152 Å². The van der Waals surface area contributed by atoms with Gasteiger partial charge in [-0.2, -0.15) is 4.98 Å². The molecule has 1 aliphatic heterocycles. The minimum absolute atomic E-state index is 0.140. The van der Waals surface area contributed by atoms with Crippen LogP contribution in [0, 0.1) is 6.92 Å². The zero-order valence-electron chi connectivity index (χ0n) is 15.0. The molecule has 1 unspecified atom stereocenters. The molecule has 1 saturated heterocycles. The molecule has 1 atom stereocenters. The third kappa shape index (κ3) is 3.96. The van der Waals surface area contributed by atoms with E-state index in [0.717, 1.165) is 11.5 Å². The molecule has 3 rings (SSSR count). The molecule has 1 aromatic heterocycles.